The predicted molar refractivity (Wildman–Crippen MR) is 85.2 cm³/mol. The van der Waals surface area contributed by atoms with Gasteiger partial charge in [0, 0.05) is 5.92 Å². The molecule has 2 fully saturated rings. The number of hydrogen-bond acceptors (Lipinski definition) is 4. The van der Waals surface area contributed by atoms with E-state index in [4.69, 9.17) is 0 Å². The number of sulfone groups is 1. The van der Waals surface area contributed by atoms with Gasteiger partial charge in [-0.1, -0.05) is 11.6 Å². The van der Waals surface area contributed by atoms with E-state index < -0.39 is 15.8 Å². The Bertz CT molecular complexity index is 770. The fraction of sp³-hybridized carbons (Fsp3) is 0.500. The summed E-state index contributed by atoms with van der Waals surface area (Å²) in [7, 11) is -2.95. The van der Waals surface area contributed by atoms with Crippen LogP contribution in [-0.4, -0.2) is 36.9 Å². The zero-order valence-electron chi connectivity index (χ0n) is 12.8. The van der Waals surface area contributed by atoms with Crippen molar-refractivity contribution in [3.8, 4) is 0 Å². The molecule has 1 aromatic carbocycles. The SMILES string of the molecule is Cc1ccc(NC(=O)C2CC23CCS(=O)(=O)CC3)c(C(=O)O)c1. The van der Waals surface area contributed by atoms with Crippen LogP contribution in [-0.2, 0) is 14.6 Å². The first-order chi connectivity index (χ1) is 10.7. The number of anilines is 1. The Morgan fingerprint density at radius 1 is 1.26 bits per heavy atom. The normalized spacial score (nSPS) is 24.1. The number of benzene rings is 1. The predicted octanol–water partition coefficient (Wildman–Crippen LogP) is 1.85. The lowest BCUT2D eigenvalue weighted by Crippen LogP contribution is -2.28. The van der Waals surface area contributed by atoms with E-state index in [1.807, 2.05) is 0 Å². The van der Waals surface area contributed by atoms with Crippen molar-refractivity contribution in [1.29, 1.82) is 0 Å². The van der Waals surface area contributed by atoms with E-state index >= 15 is 0 Å². The lowest BCUT2D eigenvalue weighted by molar-refractivity contribution is -0.118. The highest BCUT2D eigenvalue weighted by atomic mass is 32.2. The number of nitrogens with one attached hydrogen (secondary N) is 1. The molecule has 7 heteroatoms. The van der Waals surface area contributed by atoms with Gasteiger partial charge in [-0.2, -0.15) is 0 Å². The molecule has 0 radical (unpaired) electrons. The van der Waals surface area contributed by atoms with Crippen molar-refractivity contribution in [2.45, 2.75) is 26.2 Å². The Labute approximate surface area is 134 Å². The smallest absolute Gasteiger partial charge is 0.337 e. The molecule has 1 atom stereocenters. The van der Waals surface area contributed by atoms with Crippen LogP contribution in [0.2, 0.25) is 0 Å². The summed E-state index contributed by atoms with van der Waals surface area (Å²) in [6.07, 6.45) is 1.73. The molecule has 2 N–H and O–H groups in total. The molecule has 1 aromatic rings. The van der Waals surface area contributed by atoms with Gasteiger partial charge >= 0.3 is 5.97 Å². The summed E-state index contributed by atoms with van der Waals surface area (Å²) in [6.45, 7) is 1.79. The third kappa shape index (κ3) is 3.10. The lowest BCUT2D eigenvalue weighted by Gasteiger charge is -2.22. The molecular weight excluding hydrogens is 318 g/mol. The van der Waals surface area contributed by atoms with Gasteiger partial charge in [-0.25, -0.2) is 13.2 Å². The van der Waals surface area contributed by atoms with Crippen LogP contribution in [0.15, 0.2) is 18.2 Å². The minimum absolute atomic E-state index is 0.0688. The van der Waals surface area contributed by atoms with Gasteiger partial charge in [-0.15, -0.1) is 0 Å². The van der Waals surface area contributed by atoms with E-state index in [9.17, 15) is 23.1 Å². The van der Waals surface area contributed by atoms with E-state index in [-0.39, 0.29) is 34.3 Å². The van der Waals surface area contributed by atoms with E-state index in [2.05, 4.69) is 5.32 Å². The second-order valence-electron chi connectivity index (χ2n) is 6.61. The molecule has 2 aliphatic rings. The van der Waals surface area contributed by atoms with Crippen LogP contribution >= 0.6 is 0 Å². The number of amides is 1. The average Bonchev–Trinajstić information content (AvgIpc) is 3.19. The van der Waals surface area contributed by atoms with Gasteiger partial charge in [-0.05, 0) is 43.7 Å². The second-order valence-corrected chi connectivity index (χ2v) is 8.92. The van der Waals surface area contributed by atoms with Gasteiger partial charge in [0.25, 0.3) is 0 Å². The largest absolute Gasteiger partial charge is 0.478 e. The first-order valence-corrected chi connectivity index (χ1v) is 9.40. The lowest BCUT2D eigenvalue weighted by atomic mass is 9.96. The highest BCUT2D eigenvalue weighted by Crippen LogP contribution is 2.60. The highest BCUT2D eigenvalue weighted by molar-refractivity contribution is 7.91. The van der Waals surface area contributed by atoms with Crippen molar-refractivity contribution in [1.82, 2.24) is 0 Å². The summed E-state index contributed by atoms with van der Waals surface area (Å²) >= 11 is 0. The van der Waals surface area contributed by atoms with Crippen LogP contribution in [0.1, 0.15) is 35.2 Å². The van der Waals surface area contributed by atoms with Crippen molar-refractivity contribution >= 4 is 27.4 Å². The molecule has 6 nitrogen and oxygen atoms in total. The number of carbonyl (C=O) groups excluding carboxylic acids is 1. The standard InChI is InChI=1S/C16H19NO5S/c1-10-2-3-13(11(8-10)15(19)20)17-14(18)12-9-16(12)4-6-23(21,22)7-5-16/h2-3,8,12H,4-7,9H2,1H3,(H,17,18)(H,19,20). The molecule has 124 valence electrons. The summed E-state index contributed by atoms with van der Waals surface area (Å²) in [5, 5.41) is 11.9. The summed E-state index contributed by atoms with van der Waals surface area (Å²) in [5.74, 6) is -1.24. The Hall–Kier alpha value is -1.89. The number of carbonyl (C=O) groups is 2. The molecule has 1 spiro atoms. The van der Waals surface area contributed by atoms with Gasteiger partial charge in [-0.3, -0.25) is 4.79 Å². The average molecular weight is 337 g/mol. The van der Waals surface area contributed by atoms with E-state index in [1.165, 1.54) is 6.07 Å². The maximum atomic E-state index is 12.4. The quantitative estimate of drug-likeness (QED) is 0.876. The van der Waals surface area contributed by atoms with Crippen molar-refractivity contribution in [3.05, 3.63) is 29.3 Å². The minimum atomic E-state index is -2.95. The zero-order valence-corrected chi connectivity index (χ0v) is 13.6. The monoisotopic (exact) mass is 337 g/mol. The third-order valence-corrected chi connectivity index (χ3v) is 6.64. The number of hydrogen-bond donors (Lipinski definition) is 2. The Morgan fingerprint density at radius 3 is 2.52 bits per heavy atom. The van der Waals surface area contributed by atoms with Gasteiger partial charge in [0.05, 0.1) is 22.8 Å². The minimum Gasteiger partial charge on any atom is -0.478 e. The molecule has 0 aromatic heterocycles. The molecule has 23 heavy (non-hydrogen) atoms. The molecular formula is C16H19NO5S. The molecule has 1 saturated heterocycles. The van der Waals surface area contributed by atoms with Crippen LogP contribution in [0.5, 0.6) is 0 Å². The van der Waals surface area contributed by atoms with Crippen molar-refractivity contribution in [2.24, 2.45) is 11.3 Å². The Balaban J connectivity index is 1.71. The number of rotatable bonds is 3. The summed E-state index contributed by atoms with van der Waals surface area (Å²) in [5.41, 5.74) is 0.961. The van der Waals surface area contributed by atoms with E-state index in [0.29, 0.717) is 24.9 Å². The number of carboxylic acid groups (broad SMARTS) is 1. The highest BCUT2D eigenvalue weighted by Gasteiger charge is 2.59. The third-order valence-electron chi connectivity index (χ3n) is 4.99. The van der Waals surface area contributed by atoms with Crippen LogP contribution in [0, 0.1) is 18.3 Å². The number of aryl methyl sites for hydroxylation is 1. The van der Waals surface area contributed by atoms with Gasteiger partial charge in [0.2, 0.25) is 5.91 Å². The molecule has 3 rings (SSSR count). The van der Waals surface area contributed by atoms with E-state index in [0.717, 1.165) is 5.56 Å². The molecule has 1 unspecified atom stereocenters. The van der Waals surface area contributed by atoms with Crippen molar-refractivity contribution in [2.75, 3.05) is 16.8 Å². The van der Waals surface area contributed by atoms with Crippen molar-refractivity contribution in [3.63, 3.8) is 0 Å². The molecule has 1 aliphatic heterocycles. The van der Waals surface area contributed by atoms with Gasteiger partial charge < -0.3 is 10.4 Å². The summed E-state index contributed by atoms with van der Waals surface area (Å²) < 4.78 is 23.0. The zero-order chi connectivity index (χ0) is 16.8. The maximum Gasteiger partial charge on any atom is 0.337 e. The van der Waals surface area contributed by atoms with Crippen LogP contribution in [0.4, 0.5) is 5.69 Å². The number of carboxylic acids is 1. The molecule has 1 aliphatic carbocycles. The van der Waals surface area contributed by atoms with Crippen LogP contribution in [0.25, 0.3) is 0 Å². The first-order valence-electron chi connectivity index (χ1n) is 7.58. The fourth-order valence-corrected chi connectivity index (χ4v) is 5.02. The second kappa shape index (κ2) is 5.33. The Morgan fingerprint density at radius 2 is 1.91 bits per heavy atom. The number of aromatic carboxylic acids is 1. The molecule has 1 saturated carbocycles. The molecule has 1 heterocycles. The topological polar surface area (TPSA) is 101 Å². The Kier molecular flexibility index (Phi) is 3.71. The van der Waals surface area contributed by atoms with Gasteiger partial charge in [0.15, 0.2) is 0 Å². The van der Waals surface area contributed by atoms with Crippen LogP contribution in [0.3, 0.4) is 0 Å². The van der Waals surface area contributed by atoms with E-state index in [1.54, 1.807) is 19.1 Å². The van der Waals surface area contributed by atoms with Crippen LogP contribution < -0.4 is 5.32 Å². The first kappa shape index (κ1) is 16.0. The summed E-state index contributed by atoms with van der Waals surface area (Å²) in [4.78, 5) is 23.7. The van der Waals surface area contributed by atoms with Crippen molar-refractivity contribution < 1.29 is 23.1 Å². The van der Waals surface area contributed by atoms with Gasteiger partial charge in [0.1, 0.15) is 9.84 Å². The molecule has 1 amide bonds. The maximum absolute atomic E-state index is 12.4. The fourth-order valence-electron chi connectivity index (χ4n) is 3.38. The molecule has 0 bridgehead atoms. The summed E-state index contributed by atoms with van der Waals surface area (Å²) in [6, 6.07) is 4.86.